The minimum absolute atomic E-state index is 0.0669. The summed E-state index contributed by atoms with van der Waals surface area (Å²) in [6.45, 7) is 0.0669. The third-order valence-corrected chi connectivity index (χ3v) is 5.53. The van der Waals surface area contributed by atoms with Crippen molar-refractivity contribution in [1.29, 1.82) is 0 Å². The van der Waals surface area contributed by atoms with Gasteiger partial charge in [-0.25, -0.2) is 4.98 Å². The number of benzene rings is 3. The Hall–Kier alpha value is -4.13. The van der Waals surface area contributed by atoms with E-state index in [1.54, 1.807) is 31.1 Å². The number of rotatable bonds is 8. The van der Waals surface area contributed by atoms with E-state index in [4.69, 9.17) is 4.74 Å². The number of imidazole rings is 1. The predicted octanol–water partition coefficient (Wildman–Crippen LogP) is 3.44. The lowest BCUT2D eigenvalue weighted by molar-refractivity contribution is -0.127. The first-order chi connectivity index (χ1) is 16.1. The first-order valence-electron chi connectivity index (χ1n) is 10.7. The molecule has 0 bridgehead atoms. The molecule has 2 amide bonds. The molecule has 0 radical (unpaired) electrons. The zero-order chi connectivity index (χ0) is 23.2. The van der Waals surface area contributed by atoms with Crippen LogP contribution in [0, 0.1) is 0 Å². The molecule has 0 spiro atoms. The van der Waals surface area contributed by atoms with Gasteiger partial charge < -0.3 is 19.5 Å². The van der Waals surface area contributed by atoms with Gasteiger partial charge in [0, 0.05) is 13.5 Å². The van der Waals surface area contributed by atoms with Gasteiger partial charge in [-0.2, -0.15) is 0 Å². The van der Waals surface area contributed by atoms with Crippen molar-refractivity contribution in [2.45, 2.75) is 19.0 Å². The van der Waals surface area contributed by atoms with E-state index in [-0.39, 0.29) is 18.4 Å². The van der Waals surface area contributed by atoms with Crippen LogP contribution in [0.2, 0.25) is 0 Å². The summed E-state index contributed by atoms with van der Waals surface area (Å²) < 4.78 is 7.19. The fourth-order valence-corrected chi connectivity index (χ4v) is 3.84. The number of amides is 2. The largest absolute Gasteiger partial charge is 0.495 e. The zero-order valence-electron chi connectivity index (χ0n) is 18.6. The maximum atomic E-state index is 13.5. The van der Waals surface area contributed by atoms with E-state index in [0.717, 1.165) is 16.6 Å². The highest BCUT2D eigenvalue weighted by Gasteiger charge is 2.26. The number of fused-ring (bicyclic) bond motifs is 1. The van der Waals surface area contributed by atoms with E-state index in [2.05, 4.69) is 10.3 Å². The standard InChI is InChI=1S/C26H26N4O3/c1-29(23-14-8-9-15-24(23)33-2)26(32)21(16-19-10-4-3-5-11-19)28-25(31)17-30-18-27-20-12-6-7-13-22(20)30/h3-15,18,21H,16-17H2,1-2H3,(H,28,31)/t21-/m0/s1. The topological polar surface area (TPSA) is 76.5 Å². The summed E-state index contributed by atoms with van der Waals surface area (Å²) in [6.07, 6.45) is 2.01. The number of aromatic nitrogens is 2. The van der Waals surface area contributed by atoms with Crippen molar-refractivity contribution in [2.75, 3.05) is 19.1 Å². The van der Waals surface area contributed by atoms with Crippen LogP contribution in [0.25, 0.3) is 11.0 Å². The second-order valence-corrected chi connectivity index (χ2v) is 7.74. The van der Waals surface area contributed by atoms with Crippen LogP contribution in [0.4, 0.5) is 5.69 Å². The average molecular weight is 443 g/mol. The number of methoxy groups -OCH3 is 1. The van der Waals surface area contributed by atoms with E-state index in [9.17, 15) is 9.59 Å². The van der Waals surface area contributed by atoms with Crippen LogP contribution in [-0.2, 0) is 22.6 Å². The molecule has 0 unspecified atom stereocenters. The summed E-state index contributed by atoms with van der Waals surface area (Å²) >= 11 is 0. The van der Waals surface area contributed by atoms with Crippen LogP contribution in [0.1, 0.15) is 5.56 Å². The van der Waals surface area contributed by atoms with E-state index < -0.39 is 6.04 Å². The Bertz CT molecular complexity index is 1250. The summed E-state index contributed by atoms with van der Waals surface area (Å²) in [5.41, 5.74) is 3.28. The van der Waals surface area contributed by atoms with Crippen molar-refractivity contribution in [1.82, 2.24) is 14.9 Å². The number of carbonyl (C=O) groups is 2. The third kappa shape index (κ3) is 5.03. The fourth-order valence-electron chi connectivity index (χ4n) is 3.84. The highest BCUT2D eigenvalue weighted by Crippen LogP contribution is 2.27. The summed E-state index contributed by atoms with van der Waals surface area (Å²) in [6, 6.07) is 23.8. The van der Waals surface area contributed by atoms with Crippen LogP contribution in [0.5, 0.6) is 5.75 Å². The third-order valence-electron chi connectivity index (χ3n) is 5.53. The number of hydrogen-bond acceptors (Lipinski definition) is 4. The first-order valence-corrected chi connectivity index (χ1v) is 10.7. The van der Waals surface area contributed by atoms with Crippen molar-refractivity contribution in [2.24, 2.45) is 0 Å². The molecule has 0 aliphatic carbocycles. The van der Waals surface area contributed by atoms with Gasteiger partial charge in [-0.3, -0.25) is 9.59 Å². The molecule has 0 fully saturated rings. The molecule has 33 heavy (non-hydrogen) atoms. The Labute approximate surface area is 192 Å². The van der Waals surface area contributed by atoms with Gasteiger partial charge in [-0.15, -0.1) is 0 Å². The average Bonchev–Trinajstić information content (AvgIpc) is 3.26. The van der Waals surface area contributed by atoms with Gasteiger partial charge in [0.2, 0.25) is 11.8 Å². The minimum Gasteiger partial charge on any atom is -0.495 e. The van der Waals surface area contributed by atoms with Crippen molar-refractivity contribution in [3.8, 4) is 5.75 Å². The maximum Gasteiger partial charge on any atom is 0.249 e. The Balaban J connectivity index is 1.56. The molecule has 4 aromatic rings. The highest BCUT2D eigenvalue weighted by atomic mass is 16.5. The van der Waals surface area contributed by atoms with Gasteiger partial charge in [0.1, 0.15) is 18.3 Å². The lowest BCUT2D eigenvalue weighted by Crippen LogP contribution is -2.49. The van der Waals surface area contributed by atoms with Gasteiger partial charge in [0.25, 0.3) is 0 Å². The van der Waals surface area contributed by atoms with Crippen molar-refractivity contribution < 1.29 is 14.3 Å². The minimum atomic E-state index is -0.746. The number of para-hydroxylation sites is 4. The van der Waals surface area contributed by atoms with Gasteiger partial charge in [0.15, 0.2) is 0 Å². The number of likely N-dealkylation sites (N-methyl/N-ethyl adjacent to an activating group) is 1. The fraction of sp³-hybridized carbons (Fsp3) is 0.192. The highest BCUT2D eigenvalue weighted by molar-refractivity contribution is 6.00. The molecular formula is C26H26N4O3. The van der Waals surface area contributed by atoms with Gasteiger partial charge >= 0.3 is 0 Å². The van der Waals surface area contributed by atoms with E-state index in [1.807, 2.05) is 72.8 Å². The van der Waals surface area contributed by atoms with Crippen molar-refractivity contribution in [3.63, 3.8) is 0 Å². The molecule has 1 N–H and O–H groups in total. The molecule has 1 atom stereocenters. The smallest absolute Gasteiger partial charge is 0.249 e. The molecule has 0 aliphatic rings. The molecule has 3 aromatic carbocycles. The van der Waals surface area contributed by atoms with Gasteiger partial charge in [0.05, 0.1) is 30.2 Å². The van der Waals surface area contributed by atoms with Gasteiger partial charge in [-0.1, -0.05) is 54.6 Å². The quantitative estimate of drug-likeness (QED) is 0.454. The first kappa shape index (κ1) is 22.1. The lowest BCUT2D eigenvalue weighted by atomic mass is 10.0. The molecule has 4 rings (SSSR count). The molecule has 7 nitrogen and oxygen atoms in total. The number of carbonyl (C=O) groups excluding carboxylic acids is 2. The van der Waals surface area contributed by atoms with Crippen LogP contribution in [0.15, 0.2) is 85.2 Å². The monoisotopic (exact) mass is 442 g/mol. The van der Waals surface area contributed by atoms with Crippen molar-refractivity contribution in [3.05, 3.63) is 90.8 Å². The number of ether oxygens (including phenoxy) is 1. The lowest BCUT2D eigenvalue weighted by Gasteiger charge is -2.26. The molecule has 1 heterocycles. The van der Waals surface area contributed by atoms with Crippen LogP contribution >= 0.6 is 0 Å². The normalized spacial score (nSPS) is 11.7. The van der Waals surface area contributed by atoms with Gasteiger partial charge in [-0.05, 0) is 29.8 Å². The summed E-state index contributed by atoms with van der Waals surface area (Å²) in [5.74, 6) is 0.0936. The SMILES string of the molecule is COc1ccccc1N(C)C(=O)[C@H](Cc1ccccc1)NC(=O)Cn1cnc2ccccc21. The Morgan fingerprint density at radius 3 is 2.48 bits per heavy atom. The van der Waals surface area contributed by atoms with Crippen LogP contribution in [-0.4, -0.2) is 41.6 Å². The molecule has 0 saturated heterocycles. The number of nitrogens with one attached hydrogen (secondary N) is 1. The Morgan fingerprint density at radius 2 is 1.70 bits per heavy atom. The van der Waals surface area contributed by atoms with E-state index in [1.165, 1.54) is 4.90 Å². The van der Waals surface area contributed by atoms with Crippen molar-refractivity contribution >= 4 is 28.5 Å². The molecular weight excluding hydrogens is 416 g/mol. The summed E-state index contributed by atoms with van der Waals surface area (Å²) in [4.78, 5) is 32.4. The molecule has 168 valence electrons. The maximum absolute atomic E-state index is 13.5. The van der Waals surface area contributed by atoms with Crippen LogP contribution in [0.3, 0.4) is 0 Å². The molecule has 1 aromatic heterocycles. The predicted molar refractivity (Wildman–Crippen MR) is 128 cm³/mol. The number of anilines is 1. The second kappa shape index (κ2) is 9.99. The Kier molecular flexibility index (Phi) is 6.69. The van der Waals surface area contributed by atoms with E-state index >= 15 is 0 Å². The Morgan fingerprint density at radius 1 is 1.00 bits per heavy atom. The zero-order valence-corrected chi connectivity index (χ0v) is 18.6. The summed E-state index contributed by atoms with van der Waals surface area (Å²) in [7, 11) is 3.25. The van der Waals surface area contributed by atoms with Crippen LogP contribution < -0.4 is 15.0 Å². The van der Waals surface area contributed by atoms with E-state index in [0.29, 0.717) is 17.9 Å². The molecule has 7 heteroatoms. The number of nitrogens with zero attached hydrogens (tertiary/aromatic N) is 3. The molecule has 0 aliphatic heterocycles. The summed E-state index contributed by atoms with van der Waals surface area (Å²) in [5, 5.41) is 2.94. The second-order valence-electron chi connectivity index (χ2n) is 7.74. The number of hydrogen-bond donors (Lipinski definition) is 1. The molecule has 0 saturated carbocycles.